The zero-order chi connectivity index (χ0) is 13.1. The summed E-state index contributed by atoms with van der Waals surface area (Å²) in [6, 6.07) is 2.71. The molecule has 2 rings (SSSR count). The molecule has 7 heteroatoms. The minimum absolute atomic E-state index is 0.0729. The minimum atomic E-state index is -0.531. The average molecular weight is 253 g/mol. The quantitative estimate of drug-likeness (QED) is 0.885. The molecule has 0 aliphatic rings. The smallest absolute Gasteiger partial charge is 0.240 e. The molecule has 0 unspecified atom stereocenters. The zero-order valence-electron chi connectivity index (χ0n) is 9.94. The fourth-order valence-corrected chi connectivity index (χ4v) is 1.55. The summed E-state index contributed by atoms with van der Waals surface area (Å²) in [6.45, 7) is 0.0842. The van der Waals surface area contributed by atoms with Gasteiger partial charge in [0, 0.05) is 0 Å². The highest BCUT2D eigenvalue weighted by Crippen LogP contribution is 2.38. The van der Waals surface area contributed by atoms with Gasteiger partial charge in [0.2, 0.25) is 11.7 Å². The number of aromatic nitrogens is 2. The Hall–Kier alpha value is -2.15. The van der Waals surface area contributed by atoms with E-state index < -0.39 is 5.82 Å². The Labute approximate surface area is 103 Å². The topological polar surface area (TPSA) is 83.4 Å². The molecule has 0 amide bonds. The van der Waals surface area contributed by atoms with E-state index in [9.17, 15) is 4.39 Å². The summed E-state index contributed by atoms with van der Waals surface area (Å²) >= 11 is 0. The summed E-state index contributed by atoms with van der Waals surface area (Å²) in [4.78, 5) is 3.97. The second-order valence-electron chi connectivity index (χ2n) is 3.37. The molecule has 96 valence electrons. The monoisotopic (exact) mass is 253 g/mol. The van der Waals surface area contributed by atoms with E-state index in [0.717, 1.165) is 0 Å². The molecule has 0 saturated heterocycles. The van der Waals surface area contributed by atoms with Gasteiger partial charge in [-0.25, -0.2) is 4.39 Å². The first-order chi connectivity index (χ1) is 8.71. The summed E-state index contributed by atoms with van der Waals surface area (Å²) in [5, 5.41) is 3.66. The van der Waals surface area contributed by atoms with Gasteiger partial charge in [-0.05, 0) is 12.1 Å². The molecule has 0 bridgehead atoms. The van der Waals surface area contributed by atoms with Crippen LogP contribution in [0.2, 0.25) is 0 Å². The summed E-state index contributed by atoms with van der Waals surface area (Å²) in [5.74, 6) is 0.352. The van der Waals surface area contributed by atoms with Crippen LogP contribution in [0.5, 0.6) is 11.5 Å². The molecule has 0 atom stereocenters. The summed E-state index contributed by atoms with van der Waals surface area (Å²) < 4.78 is 28.9. The molecule has 0 saturated carbocycles. The van der Waals surface area contributed by atoms with Crippen LogP contribution in [0.15, 0.2) is 16.7 Å². The van der Waals surface area contributed by atoms with E-state index in [1.54, 1.807) is 0 Å². The van der Waals surface area contributed by atoms with Crippen LogP contribution in [0.1, 0.15) is 5.89 Å². The summed E-state index contributed by atoms with van der Waals surface area (Å²) in [7, 11) is 2.87. The van der Waals surface area contributed by atoms with Gasteiger partial charge in [-0.3, -0.25) is 0 Å². The first-order valence-electron chi connectivity index (χ1n) is 5.14. The van der Waals surface area contributed by atoms with Crippen LogP contribution in [0.4, 0.5) is 4.39 Å². The molecular formula is C11H12FN3O3. The summed E-state index contributed by atoms with van der Waals surface area (Å²) in [5.41, 5.74) is 5.44. The van der Waals surface area contributed by atoms with E-state index >= 15 is 0 Å². The lowest BCUT2D eigenvalue weighted by Gasteiger charge is -2.10. The largest absolute Gasteiger partial charge is 0.493 e. The van der Waals surface area contributed by atoms with Crippen molar-refractivity contribution >= 4 is 0 Å². The van der Waals surface area contributed by atoms with Gasteiger partial charge in [-0.1, -0.05) is 5.16 Å². The molecule has 0 aliphatic heterocycles. The lowest BCUT2D eigenvalue weighted by Crippen LogP contribution is -1.98. The first kappa shape index (κ1) is 12.3. The van der Waals surface area contributed by atoms with Crippen molar-refractivity contribution in [3.05, 3.63) is 23.8 Å². The highest BCUT2D eigenvalue weighted by Gasteiger charge is 2.21. The third kappa shape index (κ3) is 2.00. The second-order valence-corrected chi connectivity index (χ2v) is 3.37. The van der Waals surface area contributed by atoms with Crippen molar-refractivity contribution in [1.29, 1.82) is 0 Å². The van der Waals surface area contributed by atoms with Crippen molar-refractivity contribution in [3.8, 4) is 22.9 Å². The van der Waals surface area contributed by atoms with E-state index in [0.29, 0.717) is 5.75 Å². The van der Waals surface area contributed by atoms with Crippen LogP contribution in [-0.4, -0.2) is 24.4 Å². The Morgan fingerprint density at radius 1 is 1.33 bits per heavy atom. The van der Waals surface area contributed by atoms with Crippen molar-refractivity contribution in [2.24, 2.45) is 5.73 Å². The molecule has 1 aromatic heterocycles. The van der Waals surface area contributed by atoms with Crippen molar-refractivity contribution in [1.82, 2.24) is 10.1 Å². The van der Waals surface area contributed by atoms with Crippen molar-refractivity contribution in [2.75, 3.05) is 14.2 Å². The van der Waals surface area contributed by atoms with Crippen LogP contribution in [0, 0.1) is 5.82 Å². The number of hydrogen-bond donors (Lipinski definition) is 1. The van der Waals surface area contributed by atoms with E-state index in [1.165, 1.54) is 26.4 Å². The van der Waals surface area contributed by atoms with Crippen LogP contribution in [0.25, 0.3) is 11.4 Å². The third-order valence-electron chi connectivity index (χ3n) is 2.36. The number of hydrogen-bond acceptors (Lipinski definition) is 6. The molecule has 2 N–H and O–H groups in total. The molecule has 1 aromatic carbocycles. The molecule has 6 nitrogen and oxygen atoms in total. The van der Waals surface area contributed by atoms with Crippen molar-refractivity contribution in [3.63, 3.8) is 0 Å². The Morgan fingerprint density at radius 3 is 2.67 bits per heavy atom. The van der Waals surface area contributed by atoms with Gasteiger partial charge in [0.25, 0.3) is 0 Å². The van der Waals surface area contributed by atoms with Gasteiger partial charge in [0.05, 0.1) is 20.8 Å². The number of halogens is 1. The van der Waals surface area contributed by atoms with Crippen LogP contribution in [0.3, 0.4) is 0 Å². The van der Waals surface area contributed by atoms with E-state index in [-0.39, 0.29) is 29.6 Å². The number of methoxy groups -OCH3 is 2. The second kappa shape index (κ2) is 5.01. The molecule has 0 aliphatic carbocycles. The van der Waals surface area contributed by atoms with Crippen LogP contribution in [-0.2, 0) is 6.54 Å². The average Bonchev–Trinajstić information content (AvgIpc) is 2.86. The Kier molecular flexibility index (Phi) is 3.42. The molecule has 1 heterocycles. The number of nitrogens with two attached hydrogens (primary N) is 1. The number of rotatable bonds is 4. The standard InChI is InChI=1S/C11H12FN3O3/c1-16-7-4-3-6(12)9(10(7)17-2)11-14-8(5-13)18-15-11/h3-4H,5,13H2,1-2H3. The Balaban J connectivity index is 2.61. The van der Waals surface area contributed by atoms with Gasteiger partial charge < -0.3 is 19.7 Å². The number of ether oxygens (including phenoxy) is 2. The van der Waals surface area contributed by atoms with Gasteiger partial charge >= 0.3 is 0 Å². The number of benzene rings is 1. The van der Waals surface area contributed by atoms with Crippen molar-refractivity contribution < 1.29 is 18.4 Å². The van der Waals surface area contributed by atoms with Crippen molar-refractivity contribution in [2.45, 2.75) is 6.54 Å². The fraction of sp³-hybridized carbons (Fsp3) is 0.273. The van der Waals surface area contributed by atoms with Crippen LogP contribution < -0.4 is 15.2 Å². The Bertz CT molecular complexity index is 556. The molecule has 2 aromatic rings. The van der Waals surface area contributed by atoms with E-state index in [1.807, 2.05) is 0 Å². The van der Waals surface area contributed by atoms with Gasteiger partial charge in [-0.2, -0.15) is 4.98 Å². The SMILES string of the molecule is COc1ccc(F)c(-c2noc(CN)n2)c1OC. The molecule has 0 spiro atoms. The maximum absolute atomic E-state index is 13.9. The third-order valence-corrected chi connectivity index (χ3v) is 2.36. The fourth-order valence-electron chi connectivity index (χ4n) is 1.55. The maximum atomic E-state index is 13.9. The Morgan fingerprint density at radius 2 is 2.11 bits per heavy atom. The van der Waals surface area contributed by atoms with E-state index in [2.05, 4.69) is 10.1 Å². The minimum Gasteiger partial charge on any atom is -0.493 e. The first-order valence-corrected chi connectivity index (χ1v) is 5.14. The van der Waals surface area contributed by atoms with Gasteiger partial charge in [0.15, 0.2) is 11.5 Å². The predicted molar refractivity (Wildman–Crippen MR) is 60.7 cm³/mol. The lowest BCUT2D eigenvalue weighted by atomic mass is 10.1. The maximum Gasteiger partial charge on any atom is 0.240 e. The van der Waals surface area contributed by atoms with Gasteiger partial charge in [-0.15, -0.1) is 0 Å². The lowest BCUT2D eigenvalue weighted by molar-refractivity contribution is 0.352. The zero-order valence-corrected chi connectivity index (χ0v) is 9.94. The molecular weight excluding hydrogens is 241 g/mol. The molecule has 18 heavy (non-hydrogen) atoms. The van der Waals surface area contributed by atoms with Crippen LogP contribution >= 0.6 is 0 Å². The summed E-state index contributed by atoms with van der Waals surface area (Å²) in [6.07, 6.45) is 0. The predicted octanol–water partition coefficient (Wildman–Crippen LogP) is 1.35. The van der Waals surface area contributed by atoms with Gasteiger partial charge in [0.1, 0.15) is 11.4 Å². The van der Waals surface area contributed by atoms with E-state index in [4.69, 9.17) is 19.7 Å². The highest BCUT2D eigenvalue weighted by atomic mass is 19.1. The highest BCUT2D eigenvalue weighted by molar-refractivity contribution is 5.69. The molecule has 0 radical (unpaired) electrons. The molecule has 0 fully saturated rings. The number of nitrogens with zero attached hydrogens (tertiary/aromatic N) is 2. The normalized spacial score (nSPS) is 10.4.